The fraction of sp³-hybridized carbons (Fsp3) is 0. The van der Waals surface area contributed by atoms with Gasteiger partial charge >= 0.3 is 0 Å². The lowest BCUT2D eigenvalue weighted by Gasteiger charge is -2.20. The van der Waals surface area contributed by atoms with Gasteiger partial charge in [0.2, 0.25) is 0 Å². The van der Waals surface area contributed by atoms with E-state index in [1.807, 2.05) is 340 Å². The molecular weight excluding hydrogens is 1780 g/mol. The van der Waals surface area contributed by atoms with Gasteiger partial charge in [0.25, 0.3) is 0 Å². The Morgan fingerprint density at radius 2 is 0.401 bits per heavy atom. The van der Waals surface area contributed by atoms with Crippen molar-refractivity contribution < 1.29 is 46.1 Å². The number of rotatable bonds is 10. The minimum Gasteiger partial charge on any atom is -0.456 e. The van der Waals surface area contributed by atoms with Crippen molar-refractivity contribution in [2.24, 2.45) is 0 Å². The second-order valence-corrected chi connectivity index (χ2v) is 37.1. The molecule has 0 bridgehead atoms. The molecule has 0 radical (unpaired) electrons. The molecule has 3 aromatic heterocycles. The van der Waals surface area contributed by atoms with Crippen LogP contribution in [0.1, 0.15) is 32.9 Å². The molecule has 28 aromatic carbocycles. The Hall–Kier alpha value is -19.3. The Bertz CT molecular complexity index is 12200. The Labute approximate surface area is 881 Å². The zero-order valence-electron chi connectivity index (χ0n) is 102. The fourth-order valence-corrected chi connectivity index (χ4v) is 22.5. The molecule has 3 heteroatoms. The number of hydrogen-bond donors (Lipinski definition) is 0. The maximum Gasteiger partial charge on any atom is 0.136 e. The van der Waals surface area contributed by atoms with E-state index in [0.29, 0.717) is 99.7 Å². The van der Waals surface area contributed by atoms with Crippen LogP contribution in [-0.4, -0.2) is 0 Å². The van der Waals surface area contributed by atoms with E-state index in [1.54, 1.807) is 12.1 Å². The highest BCUT2D eigenvalue weighted by Crippen LogP contribution is 2.55. The molecular formula is C144H88O3. The average Bonchev–Trinajstić information content (AvgIpc) is 1.61. The first-order valence-corrected chi connectivity index (χ1v) is 48.7. The summed E-state index contributed by atoms with van der Waals surface area (Å²) in [6.07, 6.45) is 0. The molecule has 0 atom stereocenters. The number of fused-ring (bicyclic) bond motifs is 21. The number of benzene rings is 28. The van der Waals surface area contributed by atoms with E-state index >= 15 is 0 Å². The summed E-state index contributed by atoms with van der Waals surface area (Å²) in [6.45, 7) is 0. The molecule has 0 spiro atoms. The third-order valence-corrected chi connectivity index (χ3v) is 29.0. The van der Waals surface area contributed by atoms with Crippen LogP contribution in [0, 0.1) is 0 Å². The minimum atomic E-state index is -0.445. The molecule has 147 heavy (non-hydrogen) atoms. The van der Waals surface area contributed by atoms with Gasteiger partial charge in [0.05, 0.1) is 32.9 Å². The third-order valence-electron chi connectivity index (χ3n) is 29.0. The summed E-state index contributed by atoms with van der Waals surface area (Å²) in [4.78, 5) is 0. The molecule has 0 N–H and O–H groups in total. The summed E-state index contributed by atoms with van der Waals surface area (Å²) in [6, 6.07) is 117. The highest BCUT2D eigenvalue weighted by Gasteiger charge is 2.28. The molecule has 0 amide bonds. The molecule has 0 aliphatic carbocycles. The molecule has 682 valence electrons. The highest BCUT2D eigenvalue weighted by molar-refractivity contribution is 6.32. The second-order valence-electron chi connectivity index (χ2n) is 37.1. The van der Waals surface area contributed by atoms with E-state index in [2.05, 4.69) is 36.4 Å². The molecule has 0 saturated carbocycles. The quantitative estimate of drug-likeness (QED) is 0.128. The number of hydrogen-bond acceptors (Lipinski definition) is 3. The molecule has 0 aliphatic rings. The molecule has 3 nitrogen and oxygen atoms in total. The third kappa shape index (κ3) is 14.1. The molecule has 0 aliphatic heterocycles. The van der Waals surface area contributed by atoms with Gasteiger partial charge in [-0.25, -0.2) is 0 Å². The Morgan fingerprint density at radius 3 is 0.803 bits per heavy atom. The van der Waals surface area contributed by atoms with E-state index in [-0.39, 0.29) is 154 Å². The lowest BCUT2D eigenvalue weighted by atomic mass is 9.83. The summed E-state index contributed by atoms with van der Waals surface area (Å²) < 4.78 is 241. The van der Waals surface area contributed by atoms with Crippen LogP contribution >= 0.6 is 0 Å². The van der Waals surface area contributed by atoms with Crippen LogP contribution in [0.4, 0.5) is 0 Å². The van der Waals surface area contributed by atoms with Crippen molar-refractivity contribution in [3.05, 3.63) is 533 Å². The molecule has 3 heterocycles. The Morgan fingerprint density at radius 1 is 0.122 bits per heavy atom. The van der Waals surface area contributed by atoms with Crippen molar-refractivity contribution in [2.45, 2.75) is 0 Å². The summed E-state index contributed by atoms with van der Waals surface area (Å²) >= 11 is 0. The maximum absolute atomic E-state index is 9.59. The SMILES string of the molecule is [2H]c1c([2H])c([2H])c2c(-c3cccc4oc5cc6ccccc6cc5c34)c3c([2H])c([2H])c([2H])c([2H])c3c(-c3cc(-c4ccccc4)cc4ccccc34)c2c1[2H].[2H]c1c([2H])c([2H])c2c(-c3cccc4oc5cc6ccccc6cc5c34)c3c([2H])c([2H])c([2H])c([2H])c3c(-c3ccc(-c4ccc5ccccc5c4)c4ccccc34)c2c1[2H].[2H]c1c([2H])c([2H])c2c(-c3cccc4oc5cc6ccccc6cc5c34)c3c([2H])c([2H])c([2H])c([2H])c3c(-c3ccc(-c4ccccc4)c(-c4ccccc4)c3)c2c1[2H]. The van der Waals surface area contributed by atoms with Crippen molar-refractivity contribution >= 4 is 195 Å². The molecule has 0 unspecified atom stereocenters. The minimum absolute atomic E-state index is 0.157. The van der Waals surface area contributed by atoms with Crippen LogP contribution in [0.5, 0.6) is 0 Å². The van der Waals surface area contributed by atoms with E-state index in [9.17, 15) is 16.4 Å². The van der Waals surface area contributed by atoms with Gasteiger partial charge in [-0.15, -0.1) is 0 Å². The van der Waals surface area contributed by atoms with Crippen LogP contribution in [0.3, 0.4) is 0 Å². The highest BCUT2D eigenvalue weighted by atomic mass is 16.3. The van der Waals surface area contributed by atoms with Gasteiger partial charge in [-0.1, -0.05) is 454 Å². The van der Waals surface area contributed by atoms with Crippen molar-refractivity contribution in [3.8, 4) is 111 Å². The topological polar surface area (TPSA) is 39.4 Å². The summed E-state index contributed by atoms with van der Waals surface area (Å²) in [5, 5.41) is 17.7. The summed E-state index contributed by atoms with van der Waals surface area (Å²) in [5.41, 5.74) is 16.0. The Balaban J connectivity index is 0.000000116. The van der Waals surface area contributed by atoms with Gasteiger partial charge in [-0.2, -0.15) is 0 Å². The normalized spacial score (nSPS) is 14.1. The van der Waals surface area contributed by atoms with Crippen LogP contribution < -0.4 is 0 Å². The first-order chi connectivity index (χ1) is 82.9. The maximum atomic E-state index is 9.59. The summed E-state index contributed by atoms with van der Waals surface area (Å²) in [7, 11) is 0. The molecule has 31 aromatic rings. The van der Waals surface area contributed by atoms with Gasteiger partial charge in [0.1, 0.15) is 33.5 Å². The predicted octanol–water partition coefficient (Wildman–Crippen LogP) is 41.3. The van der Waals surface area contributed by atoms with Gasteiger partial charge in [-0.05, 0) is 319 Å². The van der Waals surface area contributed by atoms with Crippen molar-refractivity contribution in [1.29, 1.82) is 0 Å². The average molecular weight is 1890 g/mol. The van der Waals surface area contributed by atoms with Crippen molar-refractivity contribution in [1.82, 2.24) is 0 Å². The monoisotopic (exact) mass is 1890 g/mol. The zero-order chi connectivity index (χ0) is 118. The van der Waals surface area contributed by atoms with Gasteiger partial charge in [0.15, 0.2) is 0 Å². The first kappa shape index (κ1) is 63.5. The summed E-state index contributed by atoms with van der Waals surface area (Å²) in [5.74, 6) is 0. The fourth-order valence-electron chi connectivity index (χ4n) is 22.5. The first-order valence-electron chi connectivity index (χ1n) is 60.7. The second kappa shape index (κ2) is 34.8. The van der Waals surface area contributed by atoms with Crippen LogP contribution in [-0.2, 0) is 0 Å². The van der Waals surface area contributed by atoms with E-state index in [0.717, 1.165) is 125 Å². The van der Waals surface area contributed by atoms with Crippen molar-refractivity contribution in [2.75, 3.05) is 0 Å². The van der Waals surface area contributed by atoms with Gasteiger partial charge in [0, 0.05) is 32.3 Å². The van der Waals surface area contributed by atoms with Gasteiger partial charge < -0.3 is 13.3 Å². The smallest absolute Gasteiger partial charge is 0.136 e. The largest absolute Gasteiger partial charge is 0.456 e. The van der Waals surface area contributed by atoms with E-state index in [4.69, 9.17) is 29.7 Å². The zero-order valence-corrected chi connectivity index (χ0v) is 78.2. The van der Waals surface area contributed by atoms with Crippen molar-refractivity contribution in [3.63, 3.8) is 0 Å². The molecule has 31 rings (SSSR count). The lowest BCUT2D eigenvalue weighted by Crippen LogP contribution is -1.93. The van der Waals surface area contributed by atoms with E-state index in [1.165, 1.54) is 0 Å². The Kier molecular flexibility index (Phi) is 15.0. The lowest BCUT2D eigenvalue weighted by molar-refractivity contribution is 0.669. The molecule has 0 saturated heterocycles. The van der Waals surface area contributed by atoms with Crippen LogP contribution in [0.2, 0.25) is 0 Å². The standard InChI is InChI=1S/C50H30O.C48H30O.C46H28O/c1-2-13-32-28-35(25-24-31(32)12-1)36-26-27-43(38-17-6-5-16-37(36)38)48-39-18-7-9-20-41(39)49(42-21-10-8-19-40(42)48)44-22-11-23-46-50(44)45-29-33-14-3-4-15-34(33)30-47(45)51-46;1-3-14-31(15-4-1)36-27-26-35(29-42(36)32-16-5-2-6-17-32)46-37-20-9-11-22-39(37)47(40-23-12-10-21-38(40)46)41-24-13-25-44-48(41)43-28-33-18-7-8-19-34(33)30-45(43)49-44;1-2-13-29(14-3-1)33-25-32-17-6-7-18-34(32)40(27-33)45-37-21-10-8-19-35(37)44(36-20-9-11-22-38(36)45)39-23-12-24-42-46(39)41-26-30-15-4-5-16-31(30)28-43(41)47-42/h1-30H;1-30H;1-28H/i7D,8D,9D,10D,18D,19D,20D,21D;9D,10D,11D,12D,20D,21D,22D,23D;8D,9D,10D,11D,19D,20D,21D,22D. The van der Waals surface area contributed by atoms with Crippen LogP contribution in [0.15, 0.2) is 547 Å². The van der Waals surface area contributed by atoms with E-state index < -0.39 is 72.5 Å². The molecule has 0 fully saturated rings. The predicted molar refractivity (Wildman–Crippen MR) is 626 cm³/mol. The van der Waals surface area contributed by atoms with Gasteiger partial charge in [-0.3, -0.25) is 0 Å². The van der Waals surface area contributed by atoms with Crippen LogP contribution in [0.25, 0.3) is 306 Å². The number of furan rings is 3.